The van der Waals surface area contributed by atoms with Crippen LogP contribution < -0.4 is 35.9 Å². The number of carbonyl (C=O) groups is 1. The molecule has 133 heavy (non-hydrogen) atoms. The number of alkyl halides is 1. The number of aryl methyl sites for hydroxylation is 5. The molecule has 18 nitrogen and oxygen atoms in total. The largest absolute Gasteiger partial charge is 0.507 e. The lowest BCUT2D eigenvalue weighted by atomic mass is 9.73. The minimum absolute atomic E-state index is 0. The Hall–Kier alpha value is -9.46. The number of allylic oxidation sites excluding steroid dienone is 15. The van der Waals surface area contributed by atoms with E-state index >= 15 is 0 Å². The zero-order chi connectivity index (χ0) is 99.7. The highest BCUT2D eigenvalue weighted by molar-refractivity contribution is 6.17. The number of carbonyl (C=O) groups excluding carboxylic acids is 2. The van der Waals surface area contributed by atoms with Crippen LogP contribution in [-0.2, 0) is 41.7 Å². The Morgan fingerprint density at radius 2 is 0.662 bits per heavy atom. The highest BCUT2D eigenvalue weighted by atomic mass is 35.5. The highest BCUT2D eigenvalue weighted by Crippen LogP contribution is 2.53. The predicted octanol–water partition coefficient (Wildman–Crippen LogP) is 27.9. The van der Waals surface area contributed by atoms with Crippen molar-refractivity contribution in [3.63, 3.8) is 0 Å². The van der Waals surface area contributed by atoms with E-state index in [4.69, 9.17) is 48.0 Å². The van der Waals surface area contributed by atoms with Crippen molar-refractivity contribution in [2.75, 3.05) is 32.9 Å². The van der Waals surface area contributed by atoms with Crippen molar-refractivity contribution in [2.45, 2.75) is 333 Å². The van der Waals surface area contributed by atoms with Crippen LogP contribution in [0.1, 0.15) is 351 Å². The van der Waals surface area contributed by atoms with Crippen LogP contribution in [0.2, 0.25) is 6.80 Å². The first kappa shape index (κ1) is 114. The molecule has 10 rings (SSSR count). The molecule has 0 saturated carbocycles. The third-order valence-electron chi connectivity index (χ3n) is 26.3. The van der Waals surface area contributed by atoms with Crippen LogP contribution >= 0.6 is 11.6 Å². The first-order chi connectivity index (χ1) is 64.1. The summed E-state index contributed by atoms with van der Waals surface area (Å²) in [5, 5.41) is 82.5. The van der Waals surface area contributed by atoms with Gasteiger partial charge in [-0.1, -0.05) is 236 Å². The van der Waals surface area contributed by atoms with E-state index in [0.29, 0.717) is 46.1 Å². The number of phenolic OH excluding ortho intramolecular Hbond substituents is 6. The van der Waals surface area contributed by atoms with Crippen LogP contribution in [0, 0.1) is 29.6 Å². The second kappa shape index (κ2) is 62.2. The van der Waals surface area contributed by atoms with Crippen molar-refractivity contribution >= 4 is 31.4 Å². The zero-order valence-electron chi connectivity index (χ0n) is 84.5. The summed E-state index contributed by atoms with van der Waals surface area (Å²) in [4.78, 5) is 25.3. The first-order valence-corrected chi connectivity index (χ1v) is 49.2. The number of amides is 1. The quantitative estimate of drug-likeness (QED) is 0.00253. The number of aromatic hydroxyl groups is 6. The summed E-state index contributed by atoms with van der Waals surface area (Å²) in [6.45, 7) is 52.0. The SMILES string of the molecule is C=C(C)[C@@H]1CCC(C)=C[C@H]1c1c(O)cc(CCCCC)cc1O.C=C(C)[C@@H]1CCC(C)=C[C@H]1c1c(O)cc(CCCCC)cc1OCCl.C=C(C)[C@@H]1CCC(C)=C[C@H]1c1c(O)cc(CCCCC)cc1OCN.C=C(C)[C@@H]1CCC(C)=C[C@H]1c1c(O)cc(CCCCC)cc1OCN=C=O.C=C(C)[C@@H]1CCC(C)=C[C@H]1c1c(O)cc(CCCCC)cc1OCNC(=O)CO.NO.[2H]C[B]. The fourth-order valence-electron chi connectivity index (χ4n) is 19.2. The average Bonchev–Trinajstić information content (AvgIpc) is 0.818. The van der Waals surface area contributed by atoms with E-state index in [1.165, 1.54) is 72.5 Å². The molecule has 0 fully saturated rings. The summed E-state index contributed by atoms with van der Waals surface area (Å²) < 4.78 is 29.1. The molecule has 1 amide bonds. The molecule has 5 aliphatic rings. The number of ether oxygens (including phenoxy) is 4. The van der Waals surface area contributed by atoms with Crippen molar-refractivity contribution in [1.29, 1.82) is 0 Å². The van der Waals surface area contributed by atoms with Gasteiger partial charge in [-0.3, -0.25) is 10.5 Å². The number of nitrogens with one attached hydrogen (secondary N) is 1. The van der Waals surface area contributed by atoms with Gasteiger partial charge in [-0.2, -0.15) is 4.99 Å². The van der Waals surface area contributed by atoms with E-state index in [2.05, 4.69) is 183 Å². The summed E-state index contributed by atoms with van der Waals surface area (Å²) in [5.74, 6) is 8.76. The summed E-state index contributed by atoms with van der Waals surface area (Å²) >= 11 is 5.87. The monoisotopic (exact) mass is 1850 g/mol. The average molecular weight is 1850 g/mol. The van der Waals surface area contributed by atoms with Gasteiger partial charge in [-0.15, -0.1) is 0 Å². The third-order valence-corrected chi connectivity index (χ3v) is 26.4. The molecule has 0 unspecified atom stereocenters. The molecule has 0 aliphatic heterocycles. The van der Waals surface area contributed by atoms with Gasteiger partial charge in [-0.05, 0) is 316 Å². The van der Waals surface area contributed by atoms with E-state index < -0.39 is 12.5 Å². The van der Waals surface area contributed by atoms with Crippen LogP contribution in [-0.4, -0.2) is 93.7 Å². The molecule has 2 radical (unpaired) electrons. The van der Waals surface area contributed by atoms with Crippen LogP contribution in [0.5, 0.6) is 57.5 Å². The smallest absolute Gasteiger partial charge is 0.248 e. The Labute approximate surface area is 807 Å². The van der Waals surface area contributed by atoms with Gasteiger partial charge in [0.2, 0.25) is 12.0 Å². The minimum atomic E-state index is -0.583. The maximum absolute atomic E-state index is 11.4. The van der Waals surface area contributed by atoms with Crippen molar-refractivity contribution in [3.05, 3.63) is 235 Å². The molecule has 0 aromatic heterocycles. The number of nitrogens with zero attached hydrogens (tertiary/aromatic N) is 1. The first-order valence-electron chi connectivity index (χ1n) is 49.4. The number of nitrogens with two attached hydrogens (primary N) is 2. The Bertz CT molecular complexity index is 4630. The van der Waals surface area contributed by atoms with E-state index in [1.807, 2.05) is 69.3 Å². The molecule has 0 spiro atoms. The molecule has 20 heteroatoms. The number of phenols is 6. The number of aliphatic hydroxyl groups excluding tert-OH is 1. The number of unbranched alkanes of at least 4 members (excludes halogenated alkanes) is 10. The number of aliphatic hydroxyl groups is 1. The number of aliphatic imine (C=N–C) groups is 1. The molecule has 10 atom stereocenters. The van der Waals surface area contributed by atoms with Crippen molar-refractivity contribution in [3.8, 4) is 57.5 Å². The summed E-state index contributed by atoms with van der Waals surface area (Å²) in [7, 11) is 4.51. The summed E-state index contributed by atoms with van der Waals surface area (Å²) in [6.07, 6.45) is 44.7. The molecule has 5 aromatic rings. The van der Waals surface area contributed by atoms with Gasteiger partial charge < -0.3 is 65.2 Å². The Balaban J connectivity index is 0.000000346. The maximum Gasteiger partial charge on any atom is 0.248 e. The number of isocyanates is 1. The molecule has 0 saturated heterocycles. The topological polar surface area (TPSA) is 309 Å². The number of hydrogen-bond acceptors (Lipinski definition) is 17. The number of rotatable bonds is 41. The van der Waals surface area contributed by atoms with Gasteiger partial charge in [0.1, 0.15) is 70.8 Å². The van der Waals surface area contributed by atoms with Gasteiger partial charge >= 0.3 is 0 Å². The summed E-state index contributed by atoms with van der Waals surface area (Å²) in [5.41, 5.74) is 27.1. The number of benzene rings is 5. The minimum Gasteiger partial charge on any atom is -0.507 e. The molecule has 0 heterocycles. The Kier molecular flexibility index (Phi) is 53.4. The maximum atomic E-state index is 11.4. The standard InChI is InChI=1S/C24H35NO4.C23H31NO3.C22H31ClO2.C22H33NO2.C21H30O2.CH3B.H3NO/c1-5-6-7-8-18-12-21(27)24(22(13-18)29-15-25-23(28)14-26)20-11-17(4)9-10-19(20)16(2)3;1-5-6-7-8-18-12-21(26)23(22(13-18)27-15-24-14-25)20-11-17(4)9-10-19(20)16(2)3;2*1-5-6-7-8-17-12-20(24)22(21(13-17)25-14-23)19-11-16(4)9-10-18(19)15(2)3;1-5-6-7-8-16-12-19(22)21(20(23)13-16)18-11-15(4)9-10-17(18)14(2)3;2*1-2/h11-13,19-20,26-27H,2,5-10,14-15H2,1,3-4H3,(H,25,28);11-13,19-20,26H,2,5-10,15H2,1,3-4H3;11-13,18-19,24H,2,5-10,14H2,1,3-4H3;11-13,18-19,24H,2,5-10,14,23H2,1,3-4H3;11-13,17-18,22-23H,2,5-10H2,1,3-4H3;1H3;2H,1H2/t2*19-,20+;2*18-,19+;17-,18+;;/m00000../s1/i;;;;;1D;. The molecule has 5 aromatic carbocycles. The molecular weight excluding hydrogens is 1680 g/mol. The van der Waals surface area contributed by atoms with E-state index in [9.17, 15) is 40.2 Å². The van der Waals surface area contributed by atoms with Crippen LogP contribution in [0.25, 0.3) is 0 Å². The van der Waals surface area contributed by atoms with Gasteiger partial charge in [0.25, 0.3) is 0 Å². The second-order valence-electron chi connectivity index (χ2n) is 37.2. The fraction of sp³-hybridized carbons (Fsp3) is 0.540. The lowest BCUT2D eigenvalue weighted by Crippen LogP contribution is -2.30. The lowest BCUT2D eigenvalue weighted by Gasteiger charge is -2.32. The van der Waals surface area contributed by atoms with Gasteiger partial charge in [-0.25, -0.2) is 10.7 Å². The normalized spacial score (nSPS) is 19.4. The molecule has 5 aliphatic carbocycles. The third kappa shape index (κ3) is 36.9. The number of halogens is 1. The molecule has 732 valence electrons. The van der Waals surface area contributed by atoms with Gasteiger partial charge in [0.05, 0.1) is 7.85 Å². The van der Waals surface area contributed by atoms with Crippen molar-refractivity contribution in [1.82, 2.24) is 5.32 Å². The van der Waals surface area contributed by atoms with E-state index in [-0.39, 0.29) is 103 Å². The van der Waals surface area contributed by atoms with E-state index in [1.54, 1.807) is 0 Å². The van der Waals surface area contributed by atoms with Crippen LogP contribution in [0.4, 0.5) is 0 Å². The van der Waals surface area contributed by atoms with Crippen molar-refractivity contribution in [2.24, 2.45) is 46.2 Å². The second-order valence-corrected chi connectivity index (χ2v) is 37.4. The highest BCUT2D eigenvalue weighted by Gasteiger charge is 2.37. The predicted molar refractivity (Wildman–Crippen MR) is 551 cm³/mol. The van der Waals surface area contributed by atoms with Crippen LogP contribution in [0.3, 0.4) is 0 Å². The van der Waals surface area contributed by atoms with Crippen molar-refractivity contribution < 1.29 is 70.9 Å². The number of hydrogen-bond donors (Lipinski definition) is 11. The van der Waals surface area contributed by atoms with Gasteiger partial charge in [0, 0.05) is 58.8 Å². The van der Waals surface area contributed by atoms with E-state index in [0.717, 1.165) is 238 Å². The Morgan fingerprint density at radius 3 is 0.895 bits per heavy atom. The lowest BCUT2D eigenvalue weighted by molar-refractivity contribution is -0.124. The fourth-order valence-corrected chi connectivity index (χ4v) is 19.3. The van der Waals surface area contributed by atoms with Crippen LogP contribution in [0.15, 0.2) is 185 Å². The Morgan fingerprint density at radius 1 is 0.429 bits per heavy atom. The molecular formula is C113H166BClN4O14. The molecule has 0 bridgehead atoms. The summed E-state index contributed by atoms with van der Waals surface area (Å²) in [6, 6.07) is 19.3. The molecule has 13 N–H and O–H groups in total. The van der Waals surface area contributed by atoms with Gasteiger partial charge in [0.15, 0.2) is 19.5 Å². The zero-order valence-corrected chi connectivity index (χ0v) is 84.3.